The van der Waals surface area contributed by atoms with Gasteiger partial charge < -0.3 is 14.6 Å². The number of esters is 1. The Balaban J connectivity index is 0.00000200. The number of carboxylic acid groups (broad SMARTS) is 1. The second-order valence-corrected chi connectivity index (χ2v) is 3.99. The number of hydrogen-bond acceptors (Lipinski definition) is 4. The fraction of sp³-hybridized carbons (Fsp3) is 0.0667. The van der Waals surface area contributed by atoms with Crippen LogP contribution in [0.3, 0.4) is 0 Å². The van der Waals surface area contributed by atoms with Gasteiger partial charge in [0.2, 0.25) is 0 Å². The molecule has 20 heavy (non-hydrogen) atoms. The smallest absolute Gasteiger partial charge is 0.545 e. The first-order chi connectivity index (χ1) is 9.09. The van der Waals surface area contributed by atoms with Gasteiger partial charge in [0.1, 0.15) is 5.75 Å². The molecule has 0 aliphatic heterocycles. The van der Waals surface area contributed by atoms with E-state index in [9.17, 15) is 14.7 Å². The molecule has 0 radical (unpaired) electrons. The van der Waals surface area contributed by atoms with Crippen molar-refractivity contribution in [2.75, 3.05) is 0 Å². The van der Waals surface area contributed by atoms with Crippen LogP contribution in [0.4, 0.5) is 0 Å². The van der Waals surface area contributed by atoms with Crippen molar-refractivity contribution in [2.45, 2.75) is 6.92 Å². The Bertz CT molecular complexity index is 637. The molecule has 0 unspecified atom stereocenters. The van der Waals surface area contributed by atoms with Gasteiger partial charge in [0.25, 0.3) is 0 Å². The molecule has 0 spiro atoms. The van der Waals surface area contributed by atoms with Gasteiger partial charge in [-0.1, -0.05) is 36.4 Å². The average molecular weight is 278 g/mol. The number of aromatic carboxylic acids is 1. The largest absolute Gasteiger partial charge is 1.00 e. The summed E-state index contributed by atoms with van der Waals surface area (Å²) in [5.74, 6) is -1.72. The number of carbonyl (C=O) groups excluding carboxylic acids is 2. The first kappa shape index (κ1) is 16.4. The summed E-state index contributed by atoms with van der Waals surface area (Å²) in [6.45, 7) is 1.80. The molecule has 0 amide bonds. The SMILES string of the molecule is Cc1ccccc1OC(=O)c1ccccc1C(=O)[O-].[Na+]. The fourth-order valence-corrected chi connectivity index (χ4v) is 1.66. The van der Waals surface area contributed by atoms with Crippen LogP contribution in [0, 0.1) is 6.92 Å². The van der Waals surface area contributed by atoms with Gasteiger partial charge in [-0.15, -0.1) is 0 Å². The Morgan fingerprint density at radius 1 is 0.950 bits per heavy atom. The van der Waals surface area contributed by atoms with Gasteiger partial charge in [-0.25, -0.2) is 4.79 Å². The maximum absolute atomic E-state index is 12.0. The van der Waals surface area contributed by atoms with Gasteiger partial charge in [0.15, 0.2) is 0 Å². The minimum atomic E-state index is -1.41. The monoisotopic (exact) mass is 278 g/mol. The van der Waals surface area contributed by atoms with Crippen LogP contribution in [0.25, 0.3) is 0 Å². The summed E-state index contributed by atoms with van der Waals surface area (Å²) in [5, 5.41) is 10.9. The van der Waals surface area contributed by atoms with Crippen molar-refractivity contribution in [1.29, 1.82) is 0 Å². The molecule has 4 nitrogen and oxygen atoms in total. The molecule has 0 aliphatic carbocycles. The molecular weight excluding hydrogens is 267 g/mol. The van der Waals surface area contributed by atoms with Gasteiger partial charge in [0.05, 0.1) is 11.5 Å². The summed E-state index contributed by atoms with van der Waals surface area (Å²) in [6, 6.07) is 12.8. The number of benzene rings is 2. The number of carboxylic acids is 1. The average Bonchev–Trinajstić information content (AvgIpc) is 2.41. The summed E-state index contributed by atoms with van der Waals surface area (Å²) in [7, 11) is 0. The zero-order valence-electron chi connectivity index (χ0n) is 11.3. The zero-order chi connectivity index (χ0) is 13.8. The summed E-state index contributed by atoms with van der Waals surface area (Å²) < 4.78 is 5.19. The third kappa shape index (κ3) is 3.70. The van der Waals surface area contributed by atoms with Crippen LogP contribution in [-0.2, 0) is 0 Å². The van der Waals surface area contributed by atoms with Gasteiger partial charge in [-0.05, 0) is 24.6 Å². The molecule has 2 rings (SSSR count). The van der Waals surface area contributed by atoms with Crippen LogP contribution in [0.15, 0.2) is 48.5 Å². The van der Waals surface area contributed by atoms with E-state index in [1.165, 1.54) is 18.2 Å². The Morgan fingerprint density at radius 3 is 2.10 bits per heavy atom. The van der Waals surface area contributed by atoms with Gasteiger partial charge in [-0.3, -0.25) is 0 Å². The van der Waals surface area contributed by atoms with Crippen LogP contribution >= 0.6 is 0 Å². The van der Waals surface area contributed by atoms with Crippen LogP contribution in [0.1, 0.15) is 26.3 Å². The third-order valence-electron chi connectivity index (χ3n) is 2.66. The van der Waals surface area contributed by atoms with Crippen molar-refractivity contribution in [3.05, 3.63) is 65.2 Å². The fourth-order valence-electron chi connectivity index (χ4n) is 1.66. The van der Waals surface area contributed by atoms with Crippen LogP contribution in [0.2, 0.25) is 0 Å². The van der Waals surface area contributed by atoms with Crippen LogP contribution in [-0.4, -0.2) is 11.9 Å². The summed E-state index contributed by atoms with van der Waals surface area (Å²) >= 11 is 0. The Labute approximate surface area is 138 Å². The molecule has 0 bridgehead atoms. The number of para-hydroxylation sites is 1. The predicted octanol–water partition coefficient (Wildman–Crippen LogP) is -1.42. The van der Waals surface area contributed by atoms with E-state index in [0.29, 0.717) is 5.75 Å². The van der Waals surface area contributed by atoms with Gasteiger partial charge in [-0.2, -0.15) is 0 Å². The first-order valence-electron chi connectivity index (χ1n) is 5.68. The van der Waals surface area contributed by atoms with Gasteiger partial charge in [0, 0.05) is 5.56 Å². The van der Waals surface area contributed by atoms with E-state index in [1.54, 1.807) is 31.2 Å². The van der Waals surface area contributed by atoms with E-state index in [1.807, 2.05) is 6.07 Å². The Hall–Kier alpha value is -1.62. The molecule has 96 valence electrons. The van der Waals surface area contributed by atoms with E-state index >= 15 is 0 Å². The molecule has 5 heteroatoms. The minimum Gasteiger partial charge on any atom is -0.545 e. The summed E-state index contributed by atoms with van der Waals surface area (Å²) in [4.78, 5) is 22.9. The van der Waals surface area contributed by atoms with E-state index in [0.717, 1.165) is 5.56 Å². The third-order valence-corrected chi connectivity index (χ3v) is 2.66. The molecule has 0 saturated heterocycles. The standard InChI is InChI=1S/C15H12O4.Na/c1-10-6-2-5-9-13(10)19-15(18)12-8-4-3-7-11(12)14(16)17;/h2-9H,1H3,(H,16,17);/q;+1/p-1. The van der Waals surface area contributed by atoms with Crippen molar-refractivity contribution < 1.29 is 49.0 Å². The minimum absolute atomic E-state index is 0. The first-order valence-corrected chi connectivity index (χ1v) is 5.68. The van der Waals surface area contributed by atoms with Crippen molar-refractivity contribution >= 4 is 11.9 Å². The Kier molecular flexibility index (Phi) is 5.95. The zero-order valence-corrected chi connectivity index (χ0v) is 13.3. The topological polar surface area (TPSA) is 66.4 Å². The molecule has 0 N–H and O–H groups in total. The van der Waals surface area contributed by atoms with Crippen LogP contribution in [0.5, 0.6) is 5.75 Å². The predicted molar refractivity (Wildman–Crippen MR) is 66.9 cm³/mol. The van der Waals surface area contributed by atoms with Crippen molar-refractivity contribution in [3.8, 4) is 5.75 Å². The molecular formula is C15H11NaO4. The number of ether oxygens (including phenoxy) is 1. The second kappa shape index (κ2) is 7.24. The number of rotatable bonds is 3. The molecule has 2 aromatic rings. The van der Waals surface area contributed by atoms with Crippen molar-refractivity contribution in [2.24, 2.45) is 0 Å². The number of aryl methyl sites for hydroxylation is 1. The Morgan fingerprint density at radius 2 is 1.50 bits per heavy atom. The quantitative estimate of drug-likeness (QED) is 0.393. The number of hydrogen-bond donors (Lipinski definition) is 0. The van der Waals surface area contributed by atoms with E-state index in [2.05, 4.69) is 0 Å². The molecule has 0 fully saturated rings. The van der Waals surface area contributed by atoms with Crippen molar-refractivity contribution in [3.63, 3.8) is 0 Å². The van der Waals surface area contributed by atoms with Crippen molar-refractivity contribution in [1.82, 2.24) is 0 Å². The van der Waals surface area contributed by atoms with E-state index in [4.69, 9.17) is 4.74 Å². The van der Waals surface area contributed by atoms with Crippen LogP contribution < -0.4 is 39.4 Å². The summed E-state index contributed by atoms with van der Waals surface area (Å²) in [5.41, 5.74) is 0.591. The molecule has 0 aliphatic rings. The molecule has 0 saturated carbocycles. The van der Waals surface area contributed by atoms with Gasteiger partial charge >= 0.3 is 35.5 Å². The normalized spacial score (nSPS) is 9.45. The van der Waals surface area contributed by atoms with E-state index in [-0.39, 0.29) is 40.7 Å². The maximum Gasteiger partial charge on any atom is 1.00 e. The number of carbonyl (C=O) groups is 2. The molecule has 2 aromatic carbocycles. The second-order valence-electron chi connectivity index (χ2n) is 3.99. The van der Waals surface area contributed by atoms with E-state index < -0.39 is 11.9 Å². The molecule has 0 aromatic heterocycles. The summed E-state index contributed by atoms with van der Waals surface area (Å²) in [6.07, 6.45) is 0. The molecule has 0 atom stereocenters. The maximum atomic E-state index is 12.0. The molecule has 0 heterocycles.